The number of hydrogen-bond acceptors (Lipinski definition) is 4. The topological polar surface area (TPSA) is 51.2 Å². The number of rotatable bonds is 8. The predicted molar refractivity (Wildman–Crippen MR) is 106 cm³/mol. The molecule has 5 heteroatoms. The highest BCUT2D eigenvalue weighted by molar-refractivity contribution is 7.18. The van der Waals surface area contributed by atoms with Crippen LogP contribution in [0.4, 0.5) is 0 Å². The summed E-state index contributed by atoms with van der Waals surface area (Å²) in [7, 11) is 0. The maximum absolute atomic E-state index is 12.1. The standard InChI is InChI=1S/C21H24N2O2S/c1-15(2)17(16-8-4-3-5-9-16)12-22-20(24)13-25-14-21-23-18-10-6-7-11-19(18)26-21/h3-11,15,17H,12-14H2,1-2H3,(H,22,24). The van der Waals surface area contributed by atoms with E-state index < -0.39 is 0 Å². The molecule has 0 saturated carbocycles. The number of amides is 1. The number of thiazole rings is 1. The average molecular weight is 369 g/mol. The van der Waals surface area contributed by atoms with E-state index in [4.69, 9.17) is 4.74 Å². The van der Waals surface area contributed by atoms with Crippen molar-refractivity contribution in [1.29, 1.82) is 0 Å². The molecule has 4 nitrogen and oxygen atoms in total. The first-order valence-electron chi connectivity index (χ1n) is 8.87. The van der Waals surface area contributed by atoms with Gasteiger partial charge in [-0.05, 0) is 23.6 Å². The largest absolute Gasteiger partial charge is 0.364 e. The van der Waals surface area contributed by atoms with E-state index in [1.807, 2.05) is 42.5 Å². The number of carbonyl (C=O) groups is 1. The minimum absolute atomic E-state index is 0.0511. The molecular formula is C21H24N2O2S. The Hall–Kier alpha value is -2.24. The SMILES string of the molecule is CC(C)C(CNC(=O)COCc1nc2ccccc2s1)c1ccccc1. The molecular weight excluding hydrogens is 344 g/mol. The van der Waals surface area contributed by atoms with Crippen molar-refractivity contribution >= 4 is 27.5 Å². The van der Waals surface area contributed by atoms with E-state index in [0.29, 0.717) is 25.0 Å². The molecule has 1 aromatic heterocycles. The lowest BCUT2D eigenvalue weighted by Crippen LogP contribution is -2.33. The van der Waals surface area contributed by atoms with Gasteiger partial charge in [-0.25, -0.2) is 4.98 Å². The minimum Gasteiger partial charge on any atom is -0.364 e. The van der Waals surface area contributed by atoms with Gasteiger partial charge in [0.05, 0.1) is 16.8 Å². The number of para-hydroxylation sites is 1. The monoisotopic (exact) mass is 368 g/mol. The van der Waals surface area contributed by atoms with E-state index in [-0.39, 0.29) is 12.5 Å². The van der Waals surface area contributed by atoms with E-state index in [2.05, 4.69) is 36.3 Å². The number of hydrogen-bond donors (Lipinski definition) is 1. The van der Waals surface area contributed by atoms with Gasteiger partial charge < -0.3 is 10.1 Å². The van der Waals surface area contributed by atoms with Gasteiger partial charge in [-0.3, -0.25) is 4.79 Å². The van der Waals surface area contributed by atoms with Crippen LogP contribution in [-0.2, 0) is 16.1 Å². The first-order chi connectivity index (χ1) is 12.6. The van der Waals surface area contributed by atoms with Crippen molar-refractivity contribution in [2.24, 2.45) is 5.92 Å². The first kappa shape index (κ1) is 18.5. The van der Waals surface area contributed by atoms with Gasteiger partial charge in [0.1, 0.15) is 11.6 Å². The molecule has 0 aliphatic rings. The zero-order valence-electron chi connectivity index (χ0n) is 15.1. The summed E-state index contributed by atoms with van der Waals surface area (Å²) in [5.41, 5.74) is 2.22. The molecule has 0 spiro atoms. The molecule has 1 N–H and O–H groups in total. The van der Waals surface area contributed by atoms with Gasteiger partial charge in [0.25, 0.3) is 0 Å². The van der Waals surface area contributed by atoms with Crippen molar-refractivity contribution in [2.75, 3.05) is 13.2 Å². The molecule has 2 aromatic carbocycles. The van der Waals surface area contributed by atoms with Crippen molar-refractivity contribution in [2.45, 2.75) is 26.4 Å². The summed E-state index contributed by atoms with van der Waals surface area (Å²) in [6.07, 6.45) is 0. The van der Waals surface area contributed by atoms with Crippen LogP contribution in [0, 0.1) is 5.92 Å². The summed E-state index contributed by atoms with van der Waals surface area (Å²) in [6, 6.07) is 18.3. The molecule has 3 rings (SSSR count). The molecule has 26 heavy (non-hydrogen) atoms. The Balaban J connectivity index is 1.46. The van der Waals surface area contributed by atoms with Gasteiger partial charge in [-0.15, -0.1) is 11.3 Å². The van der Waals surface area contributed by atoms with Crippen molar-refractivity contribution in [1.82, 2.24) is 10.3 Å². The number of nitrogens with one attached hydrogen (secondary N) is 1. The number of ether oxygens (including phenoxy) is 1. The fraction of sp³-hybridized carbons (Fsp3) is 0.333. The fourth-order valence-electron chi connectivity index (χ4n) is 2.93. The second kappa shape index (κ2) is 8.92. The lowest BCUT2D eigenvalue weighted by Gasteiger charge is -2.21. The molecule has 0 radical (unpaired) electrons. The maximum Gasteiger partial charge on any atom is 0.246 e. The number of benzene rings is 2. The van der Waals surface area contributed by atoms with E-state index in [1.165, 1.54) is 5.56 Å². The van der Waals surface area contributed by atoms with Gasteiger partial charge in [-0.2, -0.15) is 0 Å². The van der Waals surface area contributed by atoms with Gasteiger partial charge >= 0.3 is 0 Å². The van der Waals surface area contributed by atoms with Crippen molar-refractivity contribution in [3.63, 3.8) is 0 Å². The van der Waals surface area contributed by atoms with Crippen LogP contribution in [0.15, 0.2) is 54.6 Å². The molecule has 1 unspecified atom stereocenters. The van der Waals surface area contributed by atoms with Crippen LogP contribution < -0.4 is 5.32 Å². The van der Waals surface area contributed by atoms with Crippen LogP contribution in [-0.4, -0.2) is 24.0 Å². The maximum atomic E-state index is 12.1. The van der Waals surface area contributed by atoms with Crippen LogP contribution in [0.5, 0.6) is 0 Å². The Morgan fingerprint density at radius 3 is 2.58 bits per heavy atom. The molecule has 1 atom stereocenters. The number of nitrogens with zero attached hydrogens (tertiary/aromatic N) is 1. The van der Waals surface area contributed by atoms with Crippen LogP contribution >= 0.6 is 11.3 Å². The molecule has 0 aliphatic heterocycles. The van der Waals surface area contributed by atoms with Crippen LogP contribution in [0.3, 0.4) is 0 Å². The molecule has 0 aliphatic carbocycles. The number of carbonyl (C=O) groups excluding carboxylic acids is 1. The van der Waals surface area contributed by atoms with Crippen LogP contribution in [0.2, 0.25) is 0 Å². The molecule has 1 amide bonds. The van der Waals surface area contributed by atoms with E-state index in [9.17, 15) is 4.79 Å². The Morgan fingerprint density at radius 1 is 1.12 bits per heavy atom. The van der Waals surface area contributed by atoms with Gasteiger partial charge in [0, 0.05) is 12.5 Å². The van der Waals surface area contributed by atoms with E-state index >= 15 is 0 Å². The molecule has 136 valence electrons. The zero-order chi connectivity index (χ0) is 18.4. The number of aromatic nitrogens is 1. The molecule has 1 heterocycles. The second-order valence-electron chi connectivity index (χ2n) is 6.63. The predicted octanol–water partition coefficient (Wildman–Crippen LogP) is 4.37. The Morgan fingerprint density at radius 2 is 1.85 bits per heavy atom. The third kappa shape index (κ3) is 4.90. The normalized spacial score (nSPS) is 12.4. The van der Waals surface area contributed by atoms with Crippen LogP contribution in [0.25, 0.3) is 10.2 Å². The quantitative estimate of drug-likeness (QED) is 0.642. The summed E-state index contributed by atoms with van der Waals surface area (Å²) in [4.78, 5) is 16.6. The molecule has 3 aromatic rings. The van der Waals surface area contributed by atoms with Gasteiger partial charge in [-0.1, -0.05) is 56.3 Å². The highest BCUT2D eigenvalue weighted by Crippen LogP contribution is 2.23. The molecule has 0 saturated heterocycles. The summed E-state index contributed by atoms with van der Waals surface area (Å²) in [6.45, 7) is 5.38. The Bertz CT molecular complexity index is 812. The van der Waals surface area contributed by atoms with Gasteiger partial charge in [0.2, 0.25) is 5.91 Å². The highest BCUT2D eigenvalue weighted by atomic mass is 32.1. The minimum atomic E-state index is -0.0901. The smallest absolute Gasteiger partial charge is 0.246 e. The summed E-state index contributed by atoms with van der Waals surface area (Å²) in [5.74, 6) is 0.651. The summed E-state index contributed by atoms with van der Waals surface area (Å²) >= 11 is 1.60. The third-order valence-electron chi connectivity index (χ3n) is 4.35. The van der Waals surface area contributed by atoms with Crippen molar-refractivity contribution in [3.05, 3.63) is 65.2 Å². The lowest BCUT2D eigenvalue weighted by molar-refractivity contribution is -0.126. The Kier molecular flexibility index (Phi) is 6.36. The van der Waals surface area contributed by atoms with Crippen molar-refractivity contribution < 1.29 is 9.53 Å². The summed E-state index contributed by atoms with van der Waals surface area (Å²) < 4.78 is 6.68. The zero-order valence-corrected chi connectivity index (χ0v) is 16.0. The average Bonchev–Trinajstić information content (AvgIpc) is 3.05. The number of fused-ring (bicyclic) bond motifs is 1. The third-order valence-corrected chi connectivity index (χ3v) is 5.36. The summed E-state index contributed by atoms with van der Waals surface area (Å²) in [5, 5.41) is 3.89. The molecule has 0 fully saturated rings. The first-order valence-corrected chi connectivity index (χ1v) is 9.69. The molecule has 0 bridgehead atoms. The van der Waals surface area contributed by atoms with Crippen LogP contribution in [0.1, 0.15) is 30.3 Å². The lowest BCUT2D eigenvalue weighted by atomic mass is 9.88. The van der Waals surface area contributed by atoms with Crippen molar-refractivity contribution in [3.8, 4) is 0 Å². The Labute approximate surface area is 158 Å². The fourth-order valence-corrected chi connectivity index (χ4v) is 3.83. The highest BCUT2D eigenvalue weighted by Gasteiger charge is 2.16. The van der Waals surface area contributed by atoms with E-state index in [1.54, 1.807) is 11.3 Å². The second-order valence-corrected chi connectivity index (χ2v) is 7.75. The van der Waals surface area contributed by atoms with Gasteiger partial charge in [0.15, 0.2) is 0 Å². The van der Waals surface area contributed by atoms with E-state index in [0.717, 1.165) is 15.2 Å².